The van der Waals surface area contributed by atoms with Gasteiger partial charge in [0.2, 0.25) is 11.1 Å². The van der Waals surface area contributed by atoms with E-state index in [0.717, 1.165) is 9.21 Å². The van der Waals surface area contributed by atoms with Crippen molar-refractivity contribution < 1.29 is 4.79 Å². The van der Waals surface area contributed by atoms with Crippen LogP contribution in [0.3, 0.4) is 0 Å². The van der Waals surface area contributed by atoms with Gasteiger partial charge in [-0.05, 0) is 43.3 Å². The van der Waals surface area contributed by atoms with Gasteiger partial charge in [0, 0.05) is 11.9 Å². The van der Waals surface area contributed by atoms with E-state index in [9.17, 15) is 4.79 Å². The van der Waals surface area contributed by atoms with Crippen molar-refractivity contribution in [3.63, 3.8) is 0 Å². The average molecular weight is 360 g/mol. The topological polar surface area (TPSA) is 63.9 Å². The number of thiophene rings is 1. The average Bonchev–Trinajstić information content (AvgIpc) is 3.04. The predicted molar refractivity (Wildman–Crippen MR) is 89.3 cm³/mol. The lowest BCUT2D eigenvalue weighted by atomic mass is 10.1. The van der Waals surface area contributed by atoms with Gasteiger partial charge in [0.1, 0.15) is 0 Å². The maximum Gasteiger partial charge on any atom is 0.233 e. The fourth-order valence-electron chi connectivity index (χ4n) is 1.69. The molecule has 0 N–H and O–H groups in total. The maximum absolute atomic E-state index is 12.2. The molecule has 0 spiro atoms. The third kappa shape index (κ3) is 4.44. The number of nitrogens with zero attached hydrogens (tertiary/aromatic N) is 5. The zero-order chi connectivity index (χ0) is 16.3. The molecular formula is C13H18ClN5OS2. The molecule has 0 fully saturated rings. The van der Waals surface area contributed by atoms with Crippen molar-refractivity contribution in [2.75, 3.05) is 12.8 Å². The van der Waals surface area contributed by atoms with Gasteiger partial charge in [0.05, 0.1) is 22.2 Å². The molecule has 2 aromatic heterocycles. The van der Waals surface area contributed by atoms with Gasteiger partial charge >= 0.3 is 0 Å². The highest BCUT2D eigenvalue weighted by Crippen LogP contribution is 2.24. The molecule has 0 aliphatic heterocycles. The van der Waals surface area contributed by atoms with Gasteiger partial charge in [-0.3, -0.25) is 4.79 Å². The van der Waals surface area contributed by atoms with Crippen molar-refractivity contribution in [2.45, 2.75) is 38.0 Å². The SMILES string of the molecule is CN(Cc1ccc(Cl)s1)C(=O)CSc1nnnn1C(C)(C)C. The Hall–Kier alpha value is -1.12. The predicted octanol–water partition coefficient (Wildman–Crippen LogP) is 2.89. The minimum atomic E-state index is -0.214. The van der Waals surface area contributed by atoms with Crippen molar-refractivity contribution >= 4 is 40.6 Å². The number of halogens is 1. The summed E-state index contributed by atoms with van der Waals surface area (Å²) < 4.78 is 2.46. The molecule has 0 saturated heterocycles. The Bertz CT molecular complexity index is 649. The number of thioether (sulfide) groups is 1. The molecule has 0 atom stereocenters. The first-order valence-electron chi connectivity index (χ1n) is 6.67. The van der Waals surface area contributed by atoms with Crippen LogP contribution >= 0.6 is 34.7 Å². The summed E-state index contributed by atoms with van der Waals surface area (Å²) >= 11 is 8.73. The number of tetrazole rings is 1. The Balaban J connectivity index is 1.91. The first-order chi connectivity index (χ1) is 10.3. The van der Waals surface area contributed by atoms with E-state index >= 15 is 0 Å². The molecule has 0 bridgehead atoms. The normalized spacial score (nSPS) is 11.7. The van der Waals surface area contributed by atoms with E-state index in [1.54, 1.807) is 16.6 Å². The van der Waals surface area contributed by atoms with Crippen molar-refractivity contribution in [1.82, 2.24) is 25.1 Å². The molecule has 2 heterocycles. The number of amides is 1. The Kier molecular flexibility index (Phi) is 5.46. The summed E-state index contributed by atoms with van der Waals surface area (Å²) in [6, 6.07) is 3.77. The number of rotatable bonds is 5. The first-order valence-corrected chi connectivity index (χ1v) is 8.85. The number of hydrogen-bond acceptors (Lipinski definition) is 6. The van der Waals surface area contributed by atoms with Crippen molar-refractivity contribution in [2.24, 2.45) is 0 Å². The molecule has 0 aliphatic carbocycles. The van der Waals surface area contributed by atoms with Crippen molar-refractivity contribution in [1.29, 1.82) is 0 Å². The summed E-state index contributed by atoms with van der Waals surface area (Å²) in [7, 11) is 1.78. The Labute approximate surface area is 142 Å². The van der Waals surface area contributed by atoms with Crippen LogP contribution in [0.2, 0.25) is 4.34 Å². The summed E-state index contributed by atoms with van der Waals surface area (Å²) in [6.07, 6.45) is 0. The monoisotopic (exact) mass is 359 g/mol. The number of aromatic nitrogens is 4. The van der Waals surface area contributed by atoms with Crippen LogP contribution in [0, 0.1) is 0 Å². The van der Waals surface area contributed by atoms with E-state index in [-0.39, 0.29) is 11.4 Å². The fourth-order valence-corrected chi connectivity index (χ4v) is 3.83. The largest absolute Gasteiger partial charge is 0.340 e. The lowest BCUT2D eigenvalue weighted by molar-refractivity contribution is -0.127. The molecule has 1 amide bonds. The number of carbonyl (C=O) groups excluding carboxylic acids is 1. The third-order valence-corrected chi connectivity index (χ3v) is 4.97. The van der Waals surface area contributed by atoms with E-state index in [4.69, 9.17) is 11.6 Å². The van der Waals surface area contributed by atoms with Gasteiger partial charge < -0.3 is 4.90 Å². The summed E-state index contributed by atoms with van der Waals surface area (Å²) in [4.78, 5) is 15.0. The molecule has 0 aliphatic rings. The highest BCUT2D eigenvalue weighted by atomic mass is 35.5. The highest BCUT2D eigenvalue weighted by Gasteiger charge is 2.21. The van der Waals surface area contributed by atoms with Crippen LogP contribution in [0.15, 0.2) is 17.3 Å². The first kappa shape index (κ1) is 17.2. The van der Waals surface area contributed by atoms with Gasteiger partial charge in [-0.15, -0.1) is 16.4 Å². The Morgan fingerprint density at radius 3 is 2.77 bits per heavy atom. The Morgan fingerprint density at radius 1 is 1.45 bits per heavy atom. The lowest BCUT2D eigenvalue weighted by Gasteiger charge is -2.20. The van der Waals surface area contributed by atoms with Crippen molar-refractivity contribution in [3.8, 4) is 0 Å². The van der Waals surface area contributed by atoms with Crippen LogP contribution in [0.1, 0.15) is 25.6 Å². The molecule has 0 aromatic carbocycles. The standard InChI is InChI=1S/C13H18ClN5OS2/c1-13(2,3)19-12(15-16-17-19)21-8-11(20)18(4)7-9-5-6-10(14)22-9/h5-6H,7-8H2,1-4H3. The molecule has 22 heavy (non-hydrogen) atoms. The van der Waals surface area contributed by atoms with E-state index in [1.807, 2.05) is 32.9 Å². The van der Waals surface area contributed by atoms with Gasteiger partial charge in [0.25, 0.3) is 0 Å². The van der Waals surface area contributed by atoms with Gasteiger partial charge in [-0.25, -0.2) is 4.68 Å². The molecule has 0 unspecified atom stereocenters. The molecule has 2 rings (SSSR count). The smallest absolute Gasteiger partial charge is 0.233 e. The molecule has 0 radical (unpaired) electrons. The highest BCUT2D eigenvalue weighted by molar-refractivity contribution is 7.99. The zero-order valence-electron chi connectivity index (χ0n) is 12.9. The minimum Gasteiger partial charge on any atom is -0.340 e. The maximum atomic E-state index is 12.2. The third-order valence-electron chi connectivity index (χ3n) is 2.85. The van der Waals surface area contributed by atoms with Crippen LogP contribution in [0.5, 0.6) is 0 Å². The van der Waals surface area contributed by atoms with Crippen LogP contribution in [-0.2, 0) is 16.9 Å². The molecule has 2 aromatic rings. The van der Waals surface area contributed by atoms with E-state index in [0.29, 0.717) is 17.5 Å². The van der Waals surface area contributed by atoms with E-state index < -0.39 is 0 Å². The van der Waals surface area contributed by atoms with Crippen LogP contribution < -0.4 is 0 Å². The summed E-state index contributed by atoms with van der Waals surface area (Å²) in [5, 5.41) is 12.3. The second-order valence-corrected chi connectivity index (χ2v) is 8.53. The van der Waals surface area contributed by atoms with E-state index in [2.05, 4.69) is 15.5 Å². The van der Waals surface area contributed by atoms with Crippen LogP contribution in [0.4, 0.5) is 0 Å². The van der Waals surface area contributed by atoms with Gasteiger partial charge in [0.15, 0.2) is 0 Å². The zero-order valence-corrected chi connectivity index (χ0v) is 15.3. The molecular weight excluding hydrogens is 342 g/mol. The van der Waals surface area contributed by atoms with Gasteiger partial charge in [-0.2, -0.15) is 0 Å². The summed E-state index contributed by atoms with van der Waals surface area (Å²) in [5.41, 5.74) is -0.214. The van der Waals surface area contributed by atoms with Crippen LogP contribution in [0.25, 0.3) is 0 Å². The second-order valence-electron chi connectivity index (χ2n) is 5.79. The minimum absolute atomic E-state index is 0.0259. The number of carbonyl (C=O) groups is 1. The number of hydrogen-bond donors (Lipinski definition) is 0. The fraction of sp³-hybridized carbons (Fsp3) is 0.538. The molecule has 9 heteroatoms. The van der Waals surface area contributed by atoms with Crippen LogP contribution in [-0.4, -0.2) is 43.8 Å². The van der Waals surface area contributed by atoms with Crippen molar-refractivity contribution in [3.05, 3.63) is 21.3 Å². The lowest BCUT2D eigenvalue weighted by Crippen LogP contribution is -2.28. The summed E-state index contributed by atoms with van der Waals surface area (Å²) in [6.45, 7) is 6.60. The molecule has 0 saturated carbocycles. The molecule has 120 valence electrons. The second kappa shape index (κ2) is 6.97. The molecule has 6 nitrogen and oxygen atoms in total. The van der Waals surface area contributed by atoms with E-state index in [1.165, 1.54) is 23.1 Å². The quantitative estimate of drug-likeness (QED) is 0.768. The van der Waals surface area contributed by atoms with Gasteiger partial charge in [-0.1, -0.05) is 23.4 Å². The summed E-state index contributed by atoms with van der Waals surface area (Å²) in [5.74, 6) is 0.324. The Morgan fingerprint density at radius 2 is 2.18 bits per heavy atom.